The Morgan fingerprint density at radius 2 is 2.10 bits per heavy atom. The lowest BCUT2D eigenvalue weighted by Gasteiger charge is -2.36. The number of esters is 1. The summed E-state index contributed by atoms with van der Waals surface area (Å²) in [6.45, 7) is 4.82. The first-order chi connectivity index (χ1) is 10.1. The van der Waals surface area contributed by atoms with Crippen molar-refractivity contribution in [3.05, 3.63) is 0 Å². The number of amides is 1. The van der Waals surface area contributed by atoms with Crippen molar-refractivity contribution in [2.75, 3.05) is 19.8 Å². The maximum Gasteiger partial charge on any atom is 0.410 e. The van der Waals surface area contributed by atoms with E-state index in [0.29, 0.717) is 32.4 Å². The molecule has 0 radical (unpaired) electrons. The van der Waals surface area contributed by atoms with Crippen LogP contribution in [0.2, 0.25) is 0 Å². The van der Waals surface area contributed by atoms with Crippen molar-refractivity contribution < 1.29 is 19.1 Å². The van der Waals surface area contributed by atoms with Gasteiger partial charge in [-0.3, -0.25) is 4.90 Å². The highest BCUT2D eigenvalue weighted by Gasteiger charge is 2.37. The van der Waals surface area contributed by atoms with Gasteiger partial charge in [0.05, 0.1) is 19.3 Å². The van der Waals surface area contributed by atoms with Crippen LogP contribution in [0, 0.1) is 17.2 Å². The number of piperidine rings is 1. The second-order valence-electron chi connectivity index (χ2n) is 5.18. The van der Waals surface area contributed by atoms with Gasteiger partial charge < -0.3 is 9.47 Å². The third-order valence-corrected chi connectivity index (χ3v) is 3.61. The molecular formula is C15H24N2O4. The summed E-state index contributed by atoms with van der Waals surface area (Å²) in [4.78, 5) is 25.6. The van der Waals surface area contributed by atoms with E-state index < -0.39 is 18.1 Å². The SMILES string of the molecule is CCCCOC(=O)N1CC[C@@H](CC#N)C[C@H]1C(=O)OCC. The average molecular weight is 296 g/mol. The van der Waals surface area contributed by atoms with Gasteiger partial charge >= 0.3 is 12.1 Å². The van der Waals surface area contributed by atoms with E-state index in [4.69, 9.17) is 14.7 Å². The molecule has 1 rings (SSSR count). The first kappa shape index (κ1) is 17.3. The third kappa shape index (κ3) is 5.25. The summed E-state index contributed by atoms with van der Waals surface area (Å²) in [5.74, 6) is -0.281. The Morgan fingerprint density at radius 1 is 1.33 bits per heavy atom. The fourth-order valence-electron chi connectivity index (χ4n) is 2.42. The molecule has 1 aliphatic rings. The molecule has 0 unspecified atom stereocenters. The molecule has 1 saturated heterocycles. The Hall–Kier alpha value is -1.77. The predicted octanol–water partition coefficient (Wildman–Crippen LogP) is 2.48. The van der Waals surface area contributed by atoms with Gasteiger partial charge in [-0.2, -0.15) is 5.26 Å². The van der Waals surface area contributed by atoms with Gasteiger partial charge in [-0.05, 0) is 32.1 Å². The van der Waals surface area contributed by atoms with Crippen LogP contribution in [0.5, 0.6) is 0 Å². The molecule has 6 nitrogen and oxygen atoms in total. The van der Waals surface area contributed by atoms with Crippen LogP contribution in [0.1, 0.15) is 46.0 Å². The molecular weight excluding hydrogens is 272 g/mol. The second-order valence-corrected chi connectivity index (χ2v) is 5.18. The number of likely N-dealkylation sites (tertiary alicyclic amines) is 1. The number of hydrogen-bond acceptors (Lipinski definition) is 5. The summed E-state index contributed by atoms with van der Waals surface area (Å²) < 4.78 is 10.2. The Bertz CT molecular complexity index is 392. The van der Waals surface area contributed by atoms with Gasteiger partial charge in [-0.15, -0.1) is 0 Å². The second kappa shape index (κ2) is 9.22. The van der Waals surface area contributed by atoms with Crippen molar-refractivity contribution in [1.29, 1.82) is 5.26 Å². The quantitative estimate of drug-likeness (QED) is 0.555. The zero-order valence-electron chi connectivity index (χ0n) is 12.8. The molecule has 21 heavy (non-hydrogen) atoms. The minimum absolute atomic E-state index is 0.129. The molecule has 0 spiro atoms. The van der Waals surface area contributed by atoms with Crippen LogP contribution in [-0.2, 0) is 14.3 Å². The fraction of sp³-hybridized carbons (Fsp3) is 0.800. The van der Waals surface area contributed by atoms with E-state index in [1.165, 1.54) is 4.90 Å². The lowest BCUT2D eigenvalue weighted by atomic mass is 9.89. The van der Waals surface area contributed by atoms with E-state index in [0.717, 1.165) is 12.8 Å². The number of carbonyl (C=O) groups is 2. The summed E-state index contributed by atoms with van der Waals surface area (Å²) in [5, 5.41) is 8.79. The Labute approximate surface area is 126 Å². The molecule has 0 aliphatic carbocycles. The smallest absolute Gasteiger partial charge is 0.410 e. The van der Waals surface area contributed by atoms with Gasteiger partial charge in [0, 0.05) is 13.0 Å². The minimum Gasteiger partial charge on any atom is -0.464 e. The Kier molecular flexibility index (Phi) is 7.59. The Balaban J connectivity index is 2.68. The predicted molar refractivity (Wildman–Crippen MR) is 76.3 cm³/mol. The maximum atomic E-state index is 12.1. The van der Waals surface area contributed by atoms with E-state index in [9.17, 15) is 9.59 Å². The lowest BCUT2D eigenvalue weighted by molar-refractivity contribution is -0.150. The number of unbranched alkanes of at least 4 members (excludes halogenated alkanes) is 1. The van der Waals surface area contributed by atoms with Gasteiger partial charge in [-0.25, -0.2) is 9.59 Å². The lowest BCUT2D eigenvalue weighted by Crippen LogP contribution is -2.51. The molecule has 1 heterocycles. The number of nitriles is 1. The minimum atomic E-state index is -0.633. The van der Waals surface area contributed by atoms with Crippen molar-refractivity contribution in [2.24, 2.45) is 5.92 Å². The number of nitrogens with zero attached hydrogens (tertiary/aromatic N) is 2. The normalized spacial score (nSPS) is 21.5. The van der Waals surface area contributed by atoms with Crippen LogP contribution in [0.4, 0.5) is 4.79 Å². The highest BCUT2D eigenvalue weighted by atomic mass is 16.6. The highest BCUT2D eigenvalue weighted by molar-refractivity contribution is 5.81. The number of hydrogen-bond donors (Lipinski definition) is 0. The molecule has 0 saturated carbocycles. The monoisotopic (exact) mass is 296 g/mol. The van der Waals surface area contributed by atoms with Gasteiger partial charge in [0.15, 0.2) is 0 Å². The van der Waals surface area contributed by atoms with Crippen LogP contribution in [0.3, 0.4) is 0 Å². The van der Waals surface area contributed by atoms with Gasteiger partial charge in [0.1, 0.15) is 6.04 Å². The van der Waals surface area contributed by atoms with Crippen LogP contribution in [0.15, 0.2) is 0 Å². The number of carbonyl (C=O) groups excluding carboxylic acids is 2. The standard InChI is InChI=1S/C15H24N2O4/c1-3-5-10-21-15(19)17-9-7-12(6-8-16)11-13(17)14(18)20-4-2/h12-13H,3-7,9-11H2,1-2H3/t12-,13+/m1/s1. The summed E-state index contributed by atoms with van der Waals surface area (Å²) in [6.07, 6.45) is 2.87. The van der Waals surface area contributed by atoms with E-state index in [2.05, 4.69) is 6.07 Å². The molecule has 2 atom stereocenters. The summed E-state index contributed by atoms with van der Waals surface area (Å²) in [5.41, 5.74) is 0. The molecule has 118 valence electrons. The topological polar surface area (TPSA) is 79.6 Å². The van der Waals surface area contributed by atoms with Crippen molar-refractivity contribution in [1.82, 2.24) is 4.90 Å². The molecule has 0 aromatic rings. The molecule has 6 heteroatoms. The number of ether oxygens (including phenoxy) is 2. The van der Waals surface area contributed by atoms with Crippen LogP contribution >= 0.6 is 0 Å². The molecule has 0 aromatic heterocycles. The first-order valence-corrected chi connectivity index (χ1v) is 7.60. The number of rotatable bonds is 6. The zero-order valence-corrected chi connectivity index (χ0v) is 12.8. The van der Waals surface area contributed by atoms with E-state index in [1.807, 2.05) is 6.92 Å². The van der Waals surface area contributed by atoms with Gasteiger partial charge in [0.2, 0.25) is 0 Å². The van der Waals surface area contributed by atoms with E-state index in [-0.39, 0.29) is 12.5 Å². The van der Waals surface area contributed by atoms with Gasteiger partial charge in [0.25, 0.3) is 0 Å². The van der Waals surface area contributed by atoms with Crippen molar-refractivity contribution >= 4 is 12.1 Å². The fourth-order valence-corrected chi connectivity index (χ4v) is 2.42. The molecule has 1 aliphatic heterocycles. The molecule has 1 amide bonds. The van der Waals surface area contributed by atoms with Crippen LogP contribution in [-0.4, -0.2) is 42.8 Å². The van der Waals surface area contributed by atoms with E-state index in [1.54, 1.807) is 6.92 Å². The first-order valence-electron chi connectivity index (χ1n) is 7.60. The zero-order chi connectivity index (χ0) is 15.7. The summed E-state index contributed by atoms with van der Waals surface area (Å²) in [6, 6.07) is 1.49. The maximum absolute atomic E-state index is 12.1. The van der Waals surface area contributed by atoms with Crippen LogP contribution < -0.4 is 0 Å². The largest absolute Gasteiger partial charge is 0.464 e. The molecule has 1 fully saturated rings. The van der Waals surface area contributed by atoms with Crippen LogP contribution in [0.25, 0.3) is 0 Å². The highest BCUT2D eigenvalue weighted by Crippen LogP contribution is 2.26. The van der Waals surface area contributed by atoms with Crippen molar-refractivity contribution in [2.45, 2.75) is 52.0 Å². The van der Waals surface area contributed by atoms with E-state index >= 15 is 0 Å². The Morgan fingerprint density at radius 3 is 2.71 bits per heavy atom. The van der Waals surface area contributed by atoms with Crippen molar-refractivity contribution in [3.63, 3.8) is 0 Å². The van der Waals surface area contributed by atoms with Crippen molar-refractivity contribution in [3.8, 4) is 6.07 Å². The summed E-state index contributed by atoms with van der Waals surface area (Å²) in [7, 11) is 0. The molecule has 0 aromatic carbocycles. The van der Waals surface area contributed by atoms with Gasteiger partial charge in [-0.1, -0.05) is 13.3 Å². The third-order valence-electron chi connectivity index (χ3n) is 3.61. The molecule has 0 bridgehead atoms. The molecule has 0 N–H and O–H groups in total. The average Bonchev–Trinajstić information content (AvgIpc) is 2.48. The summed E-state index contributed by atoms with van der Waals surface area (Å²) >= 11 is 0.